The number of rotatable bonds is 1. The summed E-state index contributed by atoms with van der Waals surface area (Å²) >= 11 is 0. The van der Waals surface area contributed by atoms with Crippen LogP contribution >= 0.6 is 0 Å². The molecule has 0 aromatic heterocycles. The Hall–Kier alpha value is -0.0800. The molecule has 2 aliphatic heterocycles. The average molecular weight is 154 g/mol. The summed E-state index contributed by atoms with van der Waals surface area (Å²) in [6.07, 6.45) is 4.31. The maximum Gasteiger partial charge on any atom is 0.0195 e. The zero-order valence-electron chi connectivity index (χ0n) is 7.34. The van der Waals surface area contributed by atoms with Crippen LogP contribution in [-0.4, -0.2) is 37.6 Å². The van der Waals surface area contributed by atoms with Crippen LogP contribution in [0.5, 0.6) is 0 Å². The van der Waals surface area contributed by atoms with Crippen molar-refractivity contribution in [2.75, 3.05) is 26.7 Å². The van der Waals surface area contributed by atoms with Crippen LogP contribution in [0.2, 0.25) is 0 Å². The van der Waals surface area contributed by atoms with Crippen molar-refractivity contribution in [2.24, 2.45) is 5.92 Å². The number of piperidine rings is 2. The number of fused-ring (bicyclic) bond motifs is 2. The van der Waals surface area contributed by atoms with Crippen LogP contribution < -0.4 is 5.32 Å². The van der Waals surface area contributed by atoms with Crippen molar-refractivity contribution in [3.63, 3.8) is 0 Å². The van der Waals surface area contributed by atoms with Crippen LogP contribution in [0.3, 0.4) is 0 Å². The SMILES string of the molecule is CN[C@H]1C[C@@H]2CCCN(C2)C1. The summed E-state index contributed by atoms with van der Waals surface area (Å²) < 4.78 is 0. The van der Waals surface area contributed by atoms with E-state index in [0.29, 0.717) is 0 Å². The molecule has 0 spiro atoms. The van der Waals surface area contributed by atoms with Crippen molar-refractivity contribution >= 4 is 0 Å². The molecule has 0 radical (unpaired) electrons. The molecule has 0 aromatic rings. The first kappa shape index (κ1) is 7.56. The van der Waals surface area contributed by atoms with E-state index in [1.165, 1.54) is 38.9 Å². The molecule has 2 aliphatic rings. The Morgan fingerprint density at radius 2 is 2.27 bits per heavy atom. The van der Waals surface area contributed by atoms with Crippen LogP contribution in [-0.2, 0) is 0 Å². The minimum Gasteiger partial charge on any atom is -0.316 e. The minimum absolute atomic E-state index is 0.772. The third-order valence-electron chi connectivity index (χ3n) is 3.11. The molecule has 2 heteroatoms. The van der Waals surface area contributed by atoms with Crippen LogP contribution in [0, 0.1) is 5.92 Å². The summed E-state index contributed by atoms with van der Waals surface area (Å²) in [5.41, 5.74) is 0. The Kier molecular flexibility index (Phi) is 2.14. The predicted molar refractivity (Wildman–Crippen MR) is 46.6 cm³/mol. The molecular formula is C9H18N2. The second-order valence-electron chi connectivity index (χ2n) is 3.99. The summed E-state index contributed by atoms with van der Waals surface area (Å²) in [6.45, 7) is 4.00. The van der Waals surface area contributed by atoms with E-state index in [0.717, 1.165) is 12.0 Å². The Morgan fingerprint density at radius 3 is 3.00 bits per heavy atom. The first-order valence-electron chi connectivity index (χ1n) is 4.78. The van der Waals surface area contributed by atoms with Crippen LogP contribution in [0.1, 0.15) is 19.3 Å². The van der Waals surface area contributed by atoms with Gasteiger partial charge in [0, 0.05) is 19.1 Å². The van der Waals surface area contributed by atoms with Crippen LogP contribution in [0.25, 0.3) is 0 Å². The van der Waals surface area contributed by atoms with Crippen LogP contribution in [0.15, 0.2) is 0 Å². The lowest BCUT2D eigenvalue weighted by molar-refractivity contribution is 0.100. The highest BCUT2D eigenvalue weighted by Gasteiger charge is 2.28. The molecule has 11 heavy (non-hydrogen) atoms. The average Bonchev–Trinajstić information content (AvgIpc) is 2.03. The highest BCUT2D eigenvalue weighted by molar-refractivity contribution is 4.85. The summed E-state index contributed by atoms with van der Waals surface area (Å²) in [7, 11) is 2.09. The van der Waals surface area contributed by atoms with E-state index < -0.39 is 0 Å². The number of likely N-dealkylation sites (N-methyl/N-ethyl adjacent to an activating group) is 1. The summed E-state index contributed by atoms with van der Waals surface area (Å²) in [6, 6.07) is 0.772. The maximum atomic E-state index is 3.39. The normalized spacial score (nSPS) is 43.9. The second-order valence-corrected chi connectivity index (χ2v) is 3.99. The van der Waals surface area contributed by atoms with E-state index in [1.807, 2.05) is 0 Å². The third-order valence-corrected chi connectivity index (χ3v) is 3.11. The van der Waals surface area contributed by atoms with E-state index in [-0.39, 0.29) is 0 Å². The van der Waals surface area contributed by atoms with Gasteiger partial charge in [-0.15, -0.1) is 0 Å². The van der Waals surface area contributed by atoms with Gasteiger partial charge < -0.3 is 10.2 Å². The van der Waals surface area contributed by atoms with Gasteiger partial charge in [0.05, 0.1) is 0 Å². The van der Waals surface area contributed by atoms with Crippen molar-refractivity contribution in [1.82, 2.24) is 10.2 Å². The van der Waals surface area contributed by atoms with Crippen LogP contribution in [0.4, 0.5) is 0 Å². The minimum atomic E-state index is 0.772. The van der Waals surface area contributed by atoms with Crippen molar-refractivity contribution < 1.29 is 0 Å². The van der Waals surface area contributed by atoms with E-state index in [2.05, 4.69) is 17.3 Å². The predicted octanol–water partition coefficient (Wildman–Crippen LogP) is 0.690. The Labute approximate surface area is 69.0 Å². The highest BCUT2D eigenvalue weighted by Crippen LogP contribution is 2.25. The summed E-state index contributed by atoms with van der Waals surface area (Å²) in [5, 5.41) is 3.39. The molecule has 3 atom stereocenters. The van der Waals surface area contributed by atoms with E-state index in [9.17, 15) is 0 Å². The third kappa shape index (κ3) is 1.57. The van der Waals surface area contributed by atoms with Gasteiger partial charge in [0.15, 0.2) is 0 Å². The molecule has 2 nitrogen and oxygen atoms in total. The molecule has 0 saturated carbocycles. The molecule has 1 unspecified atom stereocenters. The van der Waals surface area contributed by atoms with E-state index in [4.69, 9.17) is 0 Å². The monoisotopic (exact) mass is 154 g/mol. The molecule has 0 aromatic carbocycles. The van der Waals surface area contributed by atoms with Crippen molar-refractivity contribution in [3.8, 4) is 0 Å². The van der Waals surface area contributed by atoms with Gasteiger partial charge in [-0.25, -0.2) is 0 Å². The van der Waals surface area contributed by atoms with Gasteiger partial charge in [0.25, 0.3) is 0 Å². The summed E-state index contributed by atoms with van der Waals surface area (Å²) in [4.78, 5) is 2.61. The molecule has 2 heterocycles. The highest BCUT2D eigenvalue weighted by atomic mass is 15.2. The molecule has 1 N–H and O–H groups in total. The fourth-order valence-corrected chi connectivity index (χ4v) is 2.51. The second kappa shape index (κ2) is 3.11. The zero-order valence-corrected chi connectivity index (χ0v) is 7.34. The largest absolute Gasteiger partial charge is 0.316 e. The molecule has 2 fully saturated rings. The molecular weight excluding hydrogens is 136 g/mol. The fraction of sp³-hybridized carbons (Fsp3) is 1.00. The van der Waals surface area contributed by atoms with E-state index in [1.54, 1.807) is 0 Å². The zero-order chi connectivity index (χ0) is 7.68. The van der Waals surface area contributed by atoms with Gasteiger partial charge in [-0.1, -0.05) is 0 Å². The van der Waals surface area contributed by atoms with Gasteiger partial charge in [0.1, 0.15) is 0 Å². The molecule has 0 aliphatic carbocycles. The number of nitrogens with zero attached hydrogens (tertiary/aromatic N) is 1. The quantitative estimate of drug-likeness (QED) is 0.598. The molecule has 64 valence electrons. The lowest BCUT2D eigenvalue weighted by atomic mass is 9.87. The lowest BCUT2D eigenvalue weighted by Gasteiger charge is -2.41. The smallest absolute Gasteiger partial charge is 0.0195 e. The van der Waals surface area contributed by atoms with Gasteiger partial charge >= 0.3 is 0 Å². The topological polar surface area (TPSA) is 15.3 Å². The molecule has 2 rings (SSSR count). The first-order chi connectivity index (χ1) is 5.38. The Morgan fingerprint density at radius 1 is 1.36 bits per heavy atom. The number of hydrogen-bond donors (Lipinski definition) is 1. The Balaban J connectivity index is 1.94. The van der Waals surface area contributed by atoms with Gasteiger partial charge in [-0.05, 0) is 38.8 Å². The molecule has 2 bridgehead atoms. The standard InChI is InChI=1S/C9H18N2/c1-10-9-5-8-3-2-4-11(6-8)7-9/h8-10H,2-7H2,1H3/t8-,9-/m0/s1. The van der Waals surface area contributed by atoms with Gasteiger partial charge in [0.2, 0.25) is 0 Å². The van der Waals surface area contributed by atoms with Crippen molar-refractivity contribution in [2.45, 2.75) is 25.3 Å². The van der Waals surface area contributed by atoms with Gasteiger partial charge in [-0.2, -0.15) is 0 Å². The summed E-state index contributed by atoms with van der Waals surface area (Å²) in [5.74, 6) is 0.995. The number of nitrogens with one attached hydrogen (secondary N) is 1. The Bertz CT molecular complexity index is 124. The molecule has 0 amide bonds. The fourth-order valence-electron chi connectivity index (χ4n) is 2.51. The van der Waals surface area contributed by atoms with Crippen molar-refractivity contribution in [3.05, 3.63) is 0 Å². The molecule has 2 saturated heterocycles. The maximum absolute atomic E-state index is 3.39. The number of hydrogen-bond acceptors (Lipinski definition) is 2. The lowest BCUT2D eigenvalue weighted by Crippen LogP contribution is -2.50. The van der Waals surface area contributed by atoms with Crippen molar-refractivity contribution in [1.29, 1.82) is 0 Å². The van der Waals surface area contributed by atoms with E-state index >= 15 is 0 Å². The first-order valence-corrected chi connectivity index (χ1v) is 4.78. The van der Waals surface area contributed by atoms with Gasteiger partial charge in [-0.3, -0.25) is 0 Å².